The maximum Gasteiger partial charge on any atom is 0.340 e. The molecular weight excluding hydrogens is 261 g/mol. The van der Waals surface area contributed by atoms with Crippen LogP contribution in [0.1, 0.15) is 12.5 Å². The predicted octanol–water partition coefficient (Wildman–Crippen LogP) is 3.69. The van der Waals surface area contributed by atoms with E-state index in [4.69, 9.17) is 17.1 Å². The van der Waals surface area contributed by atoms with Crippen molar-refractivity contribution in [3.8, 4) is 0 Å². The van der Waals surface area contributed by atoms with E-state index >= 15 is 0 Å². The van der Waals surface area contributed by atoms with Gasteiger partial charge in [-0.3, -0.25) is 0 Å². The highest BCUT2D eigenvalue weighted by Gasteiger charge is 2.11. The number of nitrogens with zero attached hydrogens (tertiary/aromatic N) is 3. The SMILES string of the molecule is CCOC(=O)/C(=C/c1cccc(F)c1Cl)N=[N+]=[N-]. The minimum absolute atomic E-state index is 0.133. The van der Waals surface area contributed by atoms with Crippen molar-refractivity contribution in [3.63, 3.8) is 0 Å². The first kappa shape index (κ1) is 14.0. The second kappa shape index (κ2) is 6.64. The van der Waals surface area contributed by atoms with Gasteiger partial charge in [0.05, 0.1) is 11.6 Å². The molecule has 0 aliphatic heterocycles. The molecule has 0 N–H and O–H groups in total. The van der Waals surface area contributed by atoms with Crippen LogP contribution >= 0.6 is 11.6 Å². The van der Waals surface area contributed by atoms with Gasteiger partial charge in [-0.1, -0.05) is 28.8 Å². The van der Waals surface area contributed by atoms with Crippen LogP contribution in [0.25, 0.3) is 16.5 Å². The molecule has 94 valence electrons. The number of benzene rings is 1. The summed E-state index contributed by atoms with van der Waals surface area (Å²) in [5.74, 6) is -1.43. The van der Waals surface area contributed by atoms with Crippen LogP contribution in [0.4, 0.5) is 4.39 Å². The Balaban J connectivity index is 3.20. The van der Waals surface area contributed by atoms with Gasteiger partial charge < -0.3 is 4.74 Å². The minimum atomic E-state index is -0.796. The number of carbonyl (C=O) groups excluding carboxylic acids is 1. The van der Waals surface area contributed by atoms with Crippen LogP contribution in [0.15, 0.2) is 29.0 Å². The zero-order valence-corrected chi connectivity index (χ0v) is 10.2. The Morgan fingerprint density at radius 3 is 3.00 bits per heavy atom. The van der Waals surface area contributed by atoms with Crippen LogP contribution in [0.2, 0.25) is 5.02 Å². The van der Waals surface area contributed by atoms with Crippen LogP contribution in [0.5, 0.6) is 0 Å². The van der Waals surface area contributed by atoms with Gasteiger partial charge in [-0.15, -0.1) is 0 Å². The highest BCUT2D eigenvalue weighted by atomic mass is 35.5. The van der Waals surface area contributed by atoms with Crippen molar-refractivity contribution in [2.24, 2.45) is 5.11 Å². The van der Waals surface area contributed by atoms with E-state index in [0.717, 1.165) is 0 Å². The molecule has 5 nitrogen and oxygen atoms in total. The summed E-state index contributed by atoms with van der Waals surface area (Å²) in [6, 6.07) is 4.08. The number of ether oxygens (including phenoxy) is 1. The van der Waals surface area contributed by atoms with Crippen molar-refractivity contribution in [2.45, 2.75) is 6.92 Å². The Kier molecular flexibility index (Phi) is 5.17. The molecule has 1 aromatic carbocycles. The molecule has 1 aromatic rings. The summed E-state index contributed by atoms with van der Waals surface area (Å²) in [4.78, 5) is 13.9. The molecule has 0 saturated heterocycles. The summed E-state index contributed by atoms with van der Waals surface area (Å²) in [6.07, 6.45) is 1.17. The van der Waals surface area contributed by atoms with E-state index in [0.29, 0.717) is 0 Å². The molecule has 1 rings (SSSR count). The Morgan fingerprint density at radius 1 is 1.67 bits per heavy atom. The van der Waals surface area contributed by atoms with Crippen molar-refractivity contribution in [1.29, 1.82) is 0 Å². The molecule has 0 fully saturated rings. The van der Waals surface area contributed by atoms with Gasteiger partial charge in [-0.05, 0) is 30.2 Å². The van der Waals surface area contributed by atoms with E-state index in [1.807, 2.05) is 0 Å². The molecular formula is C11H9ClFN3O2. The van der Waals surface area contributed by atoms with Gasteiger partial charge in [0.1, 0.15) is 11.5 Å². The van der Waals surface area contributed by atoms with Gasteiger partial charge in [0, 0.05) is 4.91 Å². The summed E-state index contributed by atoms with van der Waals surface area (Å²) in [5, 5.41) is 3.03. The molecule has 0 aromatic heterocycles. The van der Waals surface area contributed by atoms with Crippen molar-refractivity contribution in [2.75, 3.05) is 6.61 Å². The third-order valence-electron chi connectivity index (χ3n) is 1.91. The van der Waals surface area contributed by atoms with E-state index < -0.39 is 11.8 Å². The lowest BCUT2D eigenvalue weighted by Crippen LogP contribution is -2.05. The average Bonchev–Trinajstić information content (AvgIpc) is 2.34. The quantitative estimate of drug-likeness (QED) is 0.275. The molecule has 0 atom stereocenters. The largest absolute Gasteiger partial charge is 0.462 e. The predicted molar refractivity (Wildman–Crippen MR) is 65.2 cm³/mol. The average molecular weight is 270 g/mol. The fourth-order valence-electron chi connectivity index (χ4n) is 1.16. The lowest BCUT2D eigenvalue weighted by atomic mass is 10.2. The summed E-state index contributed by atoms with van der Waals surface area (Å²) in [5.41, 5.74) is 8.30. The van der Waals surface area contributed by atoms with Gasteiger partial charge in [-0.25, -0.2) is 9.18 Å². The molecule has 7 heteroatoms. The Bertz CT molecular complexity index is 539. The first-order valence-corrected chi connectivity index (χ1v) is 5.35. The topological polar surface area (TPSA) is 75.1 Å². The zero-order valence-electron chi connectivity index (χ0n) is 9.43. The molecule has 0 aliphatic carbocycles. The lowest BCUT2D eigenvalue weighted by molar-refractivity contribution is -0.138. The lowest BCUT2D eigenvalue weighted by Gasteiger charge is -2.03. The van der Waals surface area contributed by atoms with Gasteiger partial charge in [-0.2, -0.15) is 0 Å². The van der Waals surface area contributed by atoms with Crippen LogP contribution in [-0.4, -0.2) is 12.6 Å². The van der Waals surface area contributed by atoms with Gasteiger partial charge >= 0.3 is 5.97 Å². The van der Waals surface area contributed by atoms with Crippen molar-refractivity contribution >= 4 is 23.6 Å². The molecule has 0 radical (unpaired) electrons. The fourth-order valence-corrected chi connectivity index (χ4v) is 1.34. The molecule has 0 heterocycles. The summed E-state index contributed by atoms with van der Waals surface area (Å²) in [7, 11) is 0. The zero-order chi connectivity index (χ0) is 13.5. The van der Waals surface area contributed by atoms with Crippen LogP contribution < -0.4 is 0 Å². The third kappa shape index (κ3) is 3.48. The smallest absolute Gasteiger partial charge is 0.340 e. The molecule has 0 amide bonds. The number of hydrogen-bond acceptors (Lipinski definition) is 3. The first-order valence-electron chi connectivity index (χ1n) is 4.98. The monoisotopic (exact) mass is 269 g/mol. The Morgan fingerprint density at radius 2 is 2.39 bits per heavy atom. The standard InChI is InChI=1S/C11H9ClFN3O2/c1-2-18-11(17)9(15-16-14)6-7-4-3-5-8(13)10(7)12/h3-6H,2H2,1H3/b9-6-. The first-order chi connectivity index (χ1) is 8.60. The van der Waals surface area contributed by atoms with Crippen LogP contribution in [0.3, 0.4) is 0 Å². The highest BCUT2D eigenvalue weighted by Crippen LogP contribution is 2.22. The fraction of sp³-hybridized carbons (Fsp3) is 0.182. The Labute approximate surface area is 107 Å². The number of esters is 1. The van der Waals surface area contributed by atoms with Crippen molar-refractivity contribution in [1.82, 2.24) is 0 Å². The number of hydrogen-bond donors (Lipinski definition) is 0. The third-order valence-corrected chi connectivity index (χ3v) is 2.31. The van der Waals surface area contributed by atoms with E-state index in [1.54, 1.807) is 6.92 Å². The highest BCUT2D eigenvalue weighted by molar-refractivity contribution is 6.32. The van der Waals surface area contributed by atoms with E-state index in [-0.39, 0.29) is 22.9 Å². The minimum Gasteiger partial charge on any atom is -0.462 e. The van der Waals surface area contributed by atoms with Crippen LogP contribution in [0, 0.1) is 5.82 Å². The molecule has 0 bridgehead atoms. The Hall–Kier alpha value is -2.04. The molecule has 18 heavy (non-hydrogen) atoms. The number of rotatable bonds is 4. The van der Waals surface area contributed by atoms with E-state index in [9.17, 15) is 9.18 Å². The van der Waals surface area contributed by atoms with Gasteiger partial charge in [0.2, 0.25) is 0 Å². The van der Waals surface area contributed by atoms with Crippen molar-refractivity contribution in [3.05, 3.63) is 50.7 Å². The molecule has 0 unspecified atom stereocenters. The molecule has 0 spiro atoms. The molecule has 0 aliphatic rings. The second-order valence-electron chi connectivity index (χ2n) is 3.08. The number of azide groups is 1. The van der Waals surface area contributed by atoms with Gasteiger partial charge in [0.25, 0.3) is 0 Å². The summed E-state index contributed by atoms with van der Waals surface area (Å²) < 4.78 is 17.9. The summed E-state index contributed by atoms with van der Waals surface area (Å²) in [6.45, 7) is 1.74. The summed E-state index contributed by atoms with van der Waals surface area (Å²) >= 11 is 5.71. The normalized spacial score (nSPS) is 10.7. The maximum absolute atomic E-state index is 13.2. The second-order valence-corrected chi connectivity index (χ2v) is 3.46. The number of carbonyl (C=O) groups is 1. The maximum atomic E-state index is 13.2. The van der Waals surface area contributed by atoms with E-state index in [2.05, 4.69) is 14.8 Å². The van der Waals surface area contributed by atoms with Crippen LogP contribution in [-0.2, 0) is 9.53 Å². The van der Waals surface area contributed by atoms with E-state index in [1.165, 1.54) is 24.3 Å². The van der Waals surface area contributed by atoms with Gasteiger partial charge in [0.15, 0.2) is 0 Å². The number of halogens is 2. The molecule has 0 saturated carbocycles. The van der Waals surface area contributed by atoms with Crippen molar-refractivity contribution < 1.29 is 13.9 Å².